The van der Waals surface area contributed by atoms with Crippen LogP contribution in [-0.2, 0) is 5.75 Å². The van der Waals surface area contributed by atoms with E-state index in [0.29, 0.717) is 34.5 Å². The number of nitrogens with zero attached hydrogens (tertiary/aromatic N) is 2. The summed E-state index contributed by atoms with van der Waals surface area (Å²) in [6.07, 6.45) is 3.59. The molecule has 4 nitrogen and oxygen atoms in total. The molecule has 0 saturated heterocycles. The molecule has 0 aliphatic heterocycles. The van der Waals surface area contributed by atoms with E-state index in [4.69, 9.17) is 34.7 Å². The van der Waals surface area contributed by atoms with Crippen molar-refractivity contribution >= 4 is 35.0 Å². The second kappa shape index (κ2) is 10.5. The molecule has 0 atom stereocenters. The molecule has 0 radical (unpaired) electrons. The Labute approximate surface area is 166 Å². The topological polar surface area (TPSA) is 69.9 Å². The highest BCUT2D eigenvalue weighted by molar-refractivity contribution is 7.98. The quantitative estimate of drug-likeness (QED) is 0.604. The van der Waals surface area contributed by atoms with Gasteiger partial charge in [0.25, 0.3) is 0 Å². The fourth-order valence-corrected chi connectivity index (χ4v) is 3.36. The summed E-state index contributed by atoms with van der Waals surface area (Å²) in [5.41, 5.74) is 11.2. The van der Waals surface area contributed by atoms with Gasteiger partial charge in [-0.25, -0.2) is 9.37 Å². The molecule has 0 fully saturated rings. The van der Waals surface area contributed by atoms with E-state index in [-0.39, 0.29) is 5.82 Å². The van der Waals surface area contributed by atoms with Crippen LogP contribution in [0.1, 0.15) is 5.56 Å². The van der Waals surface area contributed by atoms with Crippen LogP contribution in [0, 0.1) is 5.82 Å². The Hall–Kier alpha value is -1.57. The van der Waals surface area contributed by atoms with Crippen molar-refractivity contribution in [3.63, 3.8) is 0 Å². The summed E-state index contributed by atoms with van der Waals surface area (Å²) in [5.74, 6) is 0.132. The average Bonchev–Trinajstić information content (AvgIpc) is 3.10. The Kier molecular flexibility index (Phi) is 8.41. The molecule has 138 valence electrons. The molecule has 0 amide bonds. The third-order valence-corrected chi connectivity index (χ3v) is 4.79. The van der Waals surface area contributed by atoms with E-state index in [9.17, 15) is 4.39 Å². The van der Waals surface area contributed by atoms with Gasteiger partial charge in [0.2, 0.25) is 0 Å². The van der Waals surface area contributed by atoms with Crippen molar-refractivity contribution in [2.24, 2.45) is 11.5 Å². The zero-order chi connectivity index (χ0) is 18.9. The van der Waals surface area contributed by atoms with E-state index in [2.05, 4.69) is 4.98 Å². The number of nitrogens with two attached hydrogens (primary N) is 2. The number of aromatic nitrogens is 2. The molecule has 3 rings (SSSR count). The number of rotatable bonds is 5. The molecule has 0 bridgehead atoms. The van der Waals surface area contributed by atoms with E-state index in [0.717, 1.165) is 10.7 Å². The van der Waals surface area contributed by atoms with Gasteiger partial charge < -0.3 is 16.0 Å². The molecule has 0 spiro atoms. The van der Waals surface area contributed by atoms with Gasteiger partial charge in [0.1, 0.15) is 17.2 Å². The first-order chi connectivity index (χ1) is 12.5. The van der Waals surface area contributed by atoms with Crippen molar-refractivity contribution in [3.8, 4) is 5.69 Å². The lowest BCUT2D eigenvalue weighted by molar-refractivity contribution is 0.617. The molecule has 0 unspecified atom stereocenters. The van der Waals surface area contributed by atoms with Crippen LogP contribution in [0.25, 0.3) is 5.69 Å². The molecule has 26 heavy (non-hydrogen) atoms. The Morgan fingerprint density at radius 3 is 2.46 bits per heavy atom. The monoisotopic (exact) mass is 412 g/mol. The maximum atomic E-state index is 13.7. The maximum absolute atomic E-state index is 13.7. The molecule has 1 heterocycles. The van der Waals surface area contributed by atoms with Gasteiger partial charge in [-0.1, -0.05) is 47.1 Å². The fourth-order valence-electron chi connectivity index (χ4n) is 1.97. The van der Waals surface area contributed by atoms with Crippen LogP contribution in [0.5, 0.6) is 0 Å². The summed E-state index contributed by atoms with van der Waals surface area (Å²) >= 11 is 13.4. The Balaban J connectivity index is 0.000000552. The Morgan fingerprint density at radius 2 is 1.81 bits per heavy atom. The van der Waals surface area contributed by atoms with Gasteiger partial charge in [-0.05, 0) is 30.3 Å². The average molecular weight is 413 g/mol. The van der Waals surface area contributed by atoms with Gasteiger partial charge in [0.05, 0.1) is 0 Å². The third kappa shape index (κ3) is 6.00. The number of halogens is 3. The third-order valence-electron chi connectivity index (χ3n) is 3.26. The van der Waals surface area contributed by atoms with Gasteiger partial charge in [-0.3, -0.25) is 0 Å². The second-order valence-electron chi connectivity index (χ2n) is 5.17. The number of thioether (sulfide) groups is 1. The standard InChI is InChI=1S/C16H11Cl2FN2S.C2H8N2/c17-11-3-1-4-12(7-11)21-8-16(20-10-21)22-9-13-14(18)5-2-6-15(13)19;3-1-2-4/h1-8,10H,9H2;1-4H2. The highest BCUT2D eigenvalue weighted by Gasteiger charge is 2.09. The lowest BCUT2D eigenvalue weighted by atomic mass is 10.2. The van der Waals surface area contributed by atoms with Crippen molar-refractivity contribution in [3.05, 3.63) is 76.4 Å². The summed E-state index contributed by atoms with van der Waals surface area (Å²) in [6, 6.07) is 12.2. The molecule has 1 aromatic heterocycles. The minimum atomic E-state index is -0.297. The van der Waals surface area contributed by atoms with Crippen molar-refractivity contribution in [2.45, 2.75) is 10.8 Å². The Morgan fingerprint density at radius 1 is 1.08 bits per heavy atom. The summed E-state index contributed by atoms with van der Waals surface area (Å²) in [4.78, 5) is 4.31. The maximum Gasteiger partial charge on any atom is 0.128 e. The van der Waals surface area contributed by atoms with Crippen LogP contribution in [0.4, 0.5) is 4.39 Å². The van der Waals surface area contributed by atoms with E-state index < -0.39 is 0 Å². The zero-order valence-electron chi connectivity index (χ0n) is 13.9. The van der Waals surface area contributed by atoms with Crippen molar-refractivity contribution in [2.75, 3.05) is 13.1 Å². The first-order valence-electron chi connectivity index (χ1n) is 7.81. The molecule has 3 aromatic rings. The minimum Gasteiger partial charge on any atom is -0.329 e. The molecule has 0 aliphatic carbocycles. The largest absolute Gasteiger partial charge is 0.329 e. The summed E-state index contributed by atoms with van der Waals surface area (Å²) in [6.45, 7) is 1.19. The summed E-state index contributed by atoms with van der Waals surface area (Å²) in [5, 5.41) is 1.89. The first kappa shape index (κ1) is 20.7. The lowest BCUT2D eigenvalue weighted by Crippen LogP contribution is -2.11. The predicted octanol–water partition coefficient (Wildman–Crippen LogP) is 4.51. The summed E-state index contributed by atoms with van der Waals surface area (Å²) < 4.78 is 15.6. The van der Waals surface area contributed by atoms with Crippen molar-refractivity contribution in [1.82, 2.24) is 9.55 Å². The number of benzene rings is 2. The molecule has 2 aromatic carbocycles. The van der Waals surface area contributed by atoms with Gasteiger partial charge in [-0.15, -0.1) is 0 Å². The van der Waals surface area contributed by atoms with E-state index in [1.165, 1.54) is 17.8 Å². The van der Waals surface area contributed by atoms with E-state index in [1.54, 1.807) is 18.5 Å². The van der Waals surface area contributed by atoms with Gasteiger partial charge in [0.15, 0.2) is 0 Å². The van der Waals surface area contributed by atoms with Gasteiger partial charge >= 0.3 is 0 Å². The van der Waals surface area contributed by atoms with Crippen molar-refractivity contribution in [1.29, 1.82) is 0 Å². The normalized spacial score (nSPS) is 10.3. The number of hydrogen-bond donors (Lipinski definition) is 2. The molecular formula is C18H19Cl2FN4S. The minimum absolute atomic E-state index is 0.297. The fraction of sp³-hybridized carbons (Fsp3) is 0.167. The van der Waals surface area contributed by atoms with Gasteiger partial charge in [-0.2, -0.15) is 0 Å². The lowest BCUT2D eigenvalue weighted by Gasteiger charge is -2.04. The molecule has 0 aliphatic rings. The van der Waals surface area contributed by atoms with Gasteiger partial charge in [0, 0.05) is 46.3 Å². The van der Waals surface area contributed by atoms with E-state index >= 15 is 0 Å². The predicted molar refractivity (Wildman–Crippen MR) is 108 cm³/mol. The summed E-state index contributed by atoms with van der Waals surface area (Å²) in [7, 11) is 0. The van der Waals surface area contributed by atoms with Crippen LogP contribution >= 0.6 is 35.0 Å². The highest BCUT2D eigenvalue weighted by atomic mass is 35.5. The molecule has 4 N–H and O–H groups in total. The zero-order valence-corrected chi connectivity index (χ0v) is 16.2. The highest BCUT2D eigenvalue weighted by Crippen LogP contribution is 2.28. The molecule has 8 heteroatoms. The molecule has 0 saturated carbocycles. The van der Waals surface area contributed by atoms with E-state index in [1.807, 2.05) is 35.0 Å². The number of imidazole rings is 1. The van der Waals surface area contributed by atoms with Crippen LogP contribution in [-0.4, -0.2) is 22.6 Å². The first-order valence-corrected chi connectivity index (χ1v) is 9.55. The van der Waals surface area contributed by atoms with Crippen LogP contribution in [0.15, 0.2) is 60.0 Å². The smallest absolute Gasteiger partial charge is 0.128 e. The number of hydrogen-bond acceptors (Lipinski definition) is 4. The van der Waals surface area contributed by atoms with Crippen LogP contribution in [0.3, 0.4) is 0 Å². The SMILES string of the molecule is Fc1cccc(Cl)c1CSc1cn(-c2cccc(Cl)c2)cn1.NCCN. The van der Waals surface area contributed by atoms with Crippen LogP contribution < -0.4 is 11.5 Å². The van der Waals surface area contributed by atoms with Crippen LogP contribution in [0.2, 0.25) is 10.0 Å². The Bertz CT molecular complexity index is 819. The van der Waals surface area contributed by atoms with Crippen molar-refractivity contribution < 1.29 is 4.39 Å². The molecular weight excluding hydrogens is 394 g/mol. The second-order valence-corrected chi connectivity index (χ2v) is 7.00.